The zero-order valence-electron chi connectivity index (χ0n) is 15.2. The smallest absolute Gasteiger partial charge is 0.246 e. The van der Waals surface area contributed by atoms with Crippen molar-refractivity contribution in [1.29, 1.82) is 0 Å². The highest BCUT2D eigenvalue weighted by Crippen LogP contribution is 2.19. The lowest BCUT2D eigenvalue weighted by molar-refractivity contribution is -0.128. The number of benzene rings is 2. The van der Waals surface area contributed by atoms with Crippen LogP contribution in [0.15, 0.2) is 76.7 Å². The second-order valence-electron chi connectivity index (χ2n) is 6.04. The Hall–Kier alpha value is -2.86. The summed E-state index contributed by atoms with van der Waals surface area (Å²) in [4.78, 5) is 19.7. The van der Waals surface area contributed by atoms with E-state index in [2.05, 4.69) is 16.7 Å². The van der Waals surface area contributed by atoms with Crippen molar-refractivity contribution in [1.82, 2.24) is 15.0 Å². The van der Waals surface area contributed by atoms with Crippen LogP contribution in [-0.2, 0) is 11.3 Å². The van der Waals surface area contributed by atoms with Crippen LogP contribution in [0.1, 0.15) is 11.5 Å². The van der Waals surface area contributed by atoms with Crippen molar-refractivity contribution in [3.05, 3.63) is 78.7 Å². The minimum Gasteiger partial charge on any atom is -0.337 e. The Labute approximate surface area is 163 Å². The first kappa shape index (κ1) is 18.9. The first-order chi connectivity index (χ1) is 13.2. The lowest BCUT2D eigenvalue weighted by Crippen LogP contribution is -2.32. The maximum absolute atomic E-state index is 12.6. The molecule has 27 heavy (non-hydrogen) atoms. The molecule has 0 saturated carbocycles. The summed E-state index contributed by atoms with van der Waals surface area (Å²) in [5.41, 5.74) is 2.05. The van der Waals surface area contributed by atoms with E-state index in [1.54, 1.807) is 11.0 Å². The summed E-state index contributed by atoms with van der Waals surface area (Å²) < 4.78 is 5.34. The van der Waals surface area contributed by atoms with Crippen molar-refractivity contribution in [2.75, 3.05) is 12.3 Å². The molecular weight excluding hydrogens is 358 g/mol. The van der Waals surface area contributed by atoms with Gasteiger partial charge in [-0.2, -0.15) is 4.98 Å². The number of thioether (sulfide) groups is 1. The number of carbonyl (C=O) groups excluding carboxylic acids is 1. The van der Waals surface area contributed by atoms with E-state index in [0.717, 1.165) is 10.5 Å². The summed E-state index contributed by atoms with van der Waals surface area (Å²) in [6, 6.07) is 17.7. The number of carbonyl (C=O) groups is 1. The predicted molar refractivity (Wildman–Crippen MR) is 107 cm³/mol. The van der Waals surface area contributed by atoms with Crippen molar-refractivity contribution < 1.29 is 9.32 Å². The van der Waals surface area contributed by atoms with Gasteiger partial charge in [0.2, 0.25) is 17.6 Å². The molecule has 0 spiro atoms. The second-order valence-corrected chi connectivity index (χ2v) is 7.09. The molecule has 0 fully saturated rings. The predicted octanol–water partition coefficient (Wildman–Crippen LogP) is 4.35. The summed E-state index contributed by atoms with van der Waals surface area (Å²) >= 11 is 1.50. The average Bonchev–Trinajstić information content (AvgIpc) is 3.16. The SMILES string of the molecule is C=CCN(Cc1nc(-c2ccc(C)cc2)no1)C(=O)CSc1ccccc1. The van der Waals surface area contributed by atoms with Gasteiger partial charge in [-0.25, -0.2) is 0 Å². The highest BCUT2D eigenvalue weighted by molar-refractivity contribution is 8.00. The maximum Gasteiger partial charge on any atom is 0.246 e. The molecule has 138 valence electrons. The van der Waals surface area contributed by atoms with Crippen LogP contribution in [0.25, 0.3) is 11.4 Å². The van der Waals surface area contributed by atoms with Crippen LogP contribution in [0.4, 0.5) is 0 Å². The first-order valence-electron chi connectivity index (χ1n) is 8.62. The van der Waals surface area contributed by atoms with Gasteiger partial charge in [0.05, 0.1) is 5.75 Å². The normalized spacial score (nSPS) is 10.6. The summed E-state index contributed by atoms with van der Waals surface area (Å²) in [6.45, 7) is 6.45. The molecule has 3 rings (SSSR count). The van der Waals surface area contributed by atoms with E-state index < -0.39 is 0 Å². The van der Waals surface area contributed by atoms with Crippen LogP contribution < -0.4 is 0 Å². The molecule has 2 aromatic carbocycles. The van der Waals surface area contributed by atoms with E-state index in [4.69, 9.17) is 4.52 Å². The van der Waals surface area contributed by atoms with Crippen molar-refractivity contribution >= 4 is 17.7 Å². The van der Waals surface area contributed by atoms with E-state index >= 15 is 0 Å². The molecule has 5 nitrogen and oxygen atoms in total. The number of aromatic nitrogens is 2. The third-order valence-corrected chi connectivity index (χ3v) is 4.91. The van der Waals surface area contributed by atoms with Gasteiger partial charge in [0, 0.05) is 17.0 Å². The lowest BCUT2D eigenvalue weighted by atomic mass is 10.1. The monoisotopic (exact) mass is 379 g/mol. The minimum atomic E-state index is -0.00108. The number of amides is 1. The van der Waals surface area contributed by atoms with Gasteiger partial charge in [0.1, 0.15) is 6.54 Å². The fourth-order valence-corrected chi connectivity index (χ4v) is 3.29. The van der Waals surface area contributed by atoms with Crippen LogP contribution in [0.3, 0.4) is 0 Å². The minimum absolute atomic E-state index is 0.00108. The number of hydrogen-bond acceptors (Lipinski definition) is 5. The standard InChI is InChI=1S/C21H21N3O2S/c1-3-13-24(20(25)15-27-18-7-5-4-6-8-18)14-19-22-21(23-26-19)17-11-9-16(2)10-12-17/h3-12H,1,13-15H2,2H3. The van der Waals surface area contributed by atoms with Crippen LogP contribution in [0.5, 0.6) is 0 Å². The molecule has 0 saturated heterocycles. The number of nitrogens with zero attached hydrogens (tertiary/aromatic N) is 3. The molecule has 6 heteroatoms. The molecule has 0 unspecified atom stereocenters. The van der Waals surface area contributed by atoms with Gasteiger partial charge in [-0.3, -0.25) is 4.79 Å². The molecule has 0 aliphatic carbocycles. The van der Waals surface area contributed by atoms with E-state index in [-0.39, 0.29) is 12.5 Å². The molecular formula is C21H21N3O2S. The summed E-state index contributed by atoms with van der Waals surface area (Å²) in [7, 11) is 0. The lowest BCUT2D eigenvalue weighted by Gasteiger charge is -2.18. The Morgan fingerprint density at radius 1 is 1.19 bits per heavy atom. The molecule has 0 aliphatic rings. The number of rotatable bonds is 8. The topological polar surface area (TPSA) is 59.2 Å². The fraction of sp³-hybridized carbons (Fsp3) is 0.190. The Morgan fingerprint density at radius 2 is 1.93 bits per heavy atom. The van der Waals surface area contributed by atoms with E-state index in [0.29, 0.717) is 24.0 Å². The van der Waals surface area contributed by atoms with Crippen molar-refractivity contribution in [2.24, 2.45) is 0 Å². The van der Waals surface area contributed by atoms with E-state index in [9.17, 15) is 4.79 Å². The zero-order valence-corrected chi connectivity index (χ0v) is 16.0. The Balaban J connectivity index is 1.64. The molecule has 3 aromatic rings. The third kappa shape index (κ3) is 5.31. The number of hydrogen-bond donors (Lipinski definition) is 0. The summed E-state index contributed by atoms with van der Waals surface area (Å²) in [5, 5.41) is 4.03. The first-order valence-corrected chi connectivity index (χ1v) is 9.60. The van der Waals surface area contributed by atoms with Crippen molar-refractivity contribution in [3.8, 4) is 11.4 Å². The van der Waals surface area contributed by atoms with Crippen LogP contribution in [0, 0.1) is 6.92 Å². The quantitative estimate of drug-likeness (QED) is 0.430. The van der Waals surface area contributed by atoms with Crippen LogP contribution in [0.2, 0.25) is 0 Å². The molecule has 1 aromatic heterocycles. The molecule has 0 bridgehead atoms. The van der Waals surface area contributed by atoms with Crippen LogP contribution >= 0.6 is 11.8 Å². The Bertz CT molecular complexity index is 891. The van der Waals surface area contributed by atoms with Gasteiger partial charge in [-0.1, -0.05) is 59.3 Å². The fourth-order valence-electron chi connectivity index (χ4n) is 2.47. The highest BCUT2D eigenvalue weighted by Gasteiger charge is 2.17. The van der Waals surface area contributed by atoms with Gasteiger partial charge in [0.15, 0.2) is 0 Å². The van der Waals surface area contributed by atoms with Crippen molar-refractivity contribution in [2.45, 2.75) is 18.4 Å². The summed E-state index contributed by atoms with van der Waals surface area (Å²) in [5.74, 6) is 1.27. The average molecular weight is 379 g/mol. The maximum atomic E-state index is 12.6. The molecule has 0 aliphatic heterocycles. The largest absolute Gasteiger partial charge is 0.337 e. The molecule has 0 radical (unpaired) electrons. The Kier molecular flexibility index (Phi) is 6.44. The summed E-state index contributed by atoms with van der Waals surface area (Å²) in [6.07, 6.45) is 1.70. The van der Waals surface area contributed by atoms with E-state index in [1.165, 1.54) is 17.3 Å². The Morgan fingerprint density at radius 3 is 2.63 bits per heavy atom. The van der Waals surface area contributed by atoms with Gasteiger partial charge in [-0.05, 0) is 19.1 Å². The molecule has 0 N–H and O–H groups in total. The van der Waals surface area contributed by atoms with Crippen molar-refractivity contribution in [3.63, 3.8) is 0 Å². The zero-order chi connectivity index (χ0) is 19.1. The van der Waals surface area contributed by atoms with Gasteiger partial charge < -0.3 is 9.42 Å². The number of aryl methyl sites for hydroxylation is 1. The molecule has 0 atom stereocenters. The van der Waals surface area contributed by atoms with Gasteiger partial charge in [-0.15, -0.1) is 18.3 Å². The van der Waals surface area contributed by atoms with Gasteiger partial charge >= 0.3 is 0 Å². The molecule has 1 amide bonds. The molecule has 1 heterocycles. The third-order valence-electron chi connectivity index (χ3n) is 3.91. The van der Waals surface area contributed by atoms with E-state index in [1.807, 2.05) is 61.5 Å². The van der Waals surface area contributed by atoms with Crippen LogP contribution in [-0.4, -0.2) is 33.2 Å². The highest BCUT2D eigenvalue weighted by atomic mass is 32.2. The van der Waals surface area contributed by atoms with Gasteiger partial charge in [0.25, 0.3) is 0 Å². The second kappa shape index (κ2) is 9.19.